The molecule has 0 spiro atoms. The van der Waals surface area contributed by atoms with Gasteiger partial charge in [-0.15, -0.1) is 0 Å². The summed E-state index contributed by atoms with van der Waals surface area (Å²) in [7, 11) is 0. The van der Waals surface area contributed by atoms with Crippen molar-refractivity contribution in [3.63, 3.8) is 0 Å². The predicted octanol–water partition coefficient (Wildman–Crippen LogP) is 0.795. The Labute approximate surface area is 114 Å². The van der Waals surface area contributed by atoms with E-state index in [1.807, 2.05) is 0 Å². The number of hydrogen-bond acceptors (Lipinski definition) is 4. The van der Waals surface area contributed by atoms with E-state index in [9.17, 15) is 19.2 Å². The molecule has 0 radical (unpaired) electrons. The molecular weight excluding hydrogens is 262 g/mol. The summed E-state index contributed by atoms with van der Waals surface area (Å²) in [5, 5.41) is 7.21. The van der Waals surface area contributed by atoms with Crippen LogP contribution in [0, 0.1) is 6.92 Å². The van der Waals surface area contributed by atoms with Crippen LogP contribution in [0.4, 0.5) is 11.4 Å². The maximum Gasteiger partial charge on any atom is 0.261 e. The number of imide groups is 1. The molecule has 0 fully saturated rings. The zero-order valence-corrected chi connectivity index (χ0v) is 11.2. The molecule has 2 rings (SSSR count). The molecule has 3 N–H and O–H groups in total. The van der Waals surface area contributed by atoms with Gasteiger partial charge in [-0.05, 0) is 18.6 Å². The summed E-state index contributed by atoms with van der Waals surface area (Å²) in [4.78, 5) is 46.1. The monoisotopic (exact) mass is 275 g/mol. The normalized spacial score (nSPS) is 12.8. The lowest BCUT2D eigenvalue weighted by Crippen LogP contribution is -2.21. The summed E-state index contributed by atoms with van der Waals surface area (Å²) in [6.45, 7) is 4.29. The second-order valence-electron chi connectivity index (χ2n) is 4.51. The summed E-state index contributed by atoms with van der Waals surface area (Å²) in [5.74, 6) is -1.90. The molecule has 0 saturated carbocycles. The Morgan fingerprint density at radius 1 is 1.00 bits per heavy atom. The number of hydrogen-bond donors (Lipinski definition) is 3. The first kappa shape index (κ1) is 13.7. The van der Waals surface area contributed by atoms with Crippen LogP contribution in [0.1, 0.15) is 40.1 Å². The van der Waals surface area contributed by atoms with E-state index in [-0.39, 0.29) is 34.3 Å². The fraction of sp³-hybridized carbons (Fsp3) is 0.231. The van der Waals surface area contributed by atoms with Gasteiger partial charge in [0, 0.05) is 13.8 Å². The van der Waals surface area contributed by atoms with Gasteiger partial charge in [0.1, 0.15) is 0 Å². The van der Waals surface area contributed by atoms with Gasteiger partial charge >= 0.3 is 0 Å². The highest BCUT2D eigenvalue weighted by molar-refractivity contribution is 6.27. The van der Waals surface area contributed by atoms with E-state index >= 15 is 0 Å². The average Bonchev–Trinajstić information content (AvgIpc) is 2.58. The lowest BCUT2D eigenvalue weighted by Gasteiger charge is -2.14. The standard InChI is InChI=1S/C13H13N3O4/c1-5-4-8(14-6(2)17)9-10(11(5)15-7(3)18)13(20)16-12(9)19/h4H,1-3H3,(H,14,17)(H,15,18)(H,16,19,20). The van der Waals surface area contributed by atoms with Crippen molar-refractivity contribution in [2.24, 2.45) is 0 Å². The van der Waals surface area contributed by atoms with E-state index in [0.29, 0.717) is 5.56 Å². The number of benzene rings is 1. The topological polar surface area (TPSA) is 104 Å². The van der Waals surface area contributed by atoms with Crippen LogP contribution in [-0.4, -0.2) is 23.6 Å². The third-order valence-corrected chi connectivity index (χ3v) is 2.82. The first-order chi connectivity index (χ1) is 9.31. The van der Waals surface area contributed by atoms with Gasteiger partial charge in [-0.25, -0.2) is 0 Å². The molecule has 4 amide bonds. The molecule has 7 nitrogen and oxygen atoms in total. The van der Waals surface area contributed by atoms with Crippen LogP contribution in [0.25, 0.3) is 0 Å². The molecule has 104 valence electrons. The average molecular weight is 275 g/mol. The van der Waals surface area contributed by atoms with Crippen LogP contribution < -0.4 is 16.0 Å². The summed E-state index contributed by atoms with van der Waals surface area (Å²) >= 11 is 0. The molecule has 7 heteroatoms. The van der Waals surface area contributed by atoms with Gasteiger partial charge in [0.15, 0.2) is 0 Å². The van der Waals surface area contributed by atoms with Crippen molar-refractivity contribution in [3.05, 3.63) is 22.8 Å². The summed E-state index contributed by atoms with van der Waals surface area (Å²) < 4.78 is 0. The molecule has 20 heavy (non-hydrogen) atoms. The van der Waals surface area contributed by atoms with E-state index in [4.69, 9.17) is 0 Å². The number of fused-ring (bicyclic) bond motifs is 1. The van der Waals surface area contributed by atoms with Crippen LogP contribution in [0.3, 0.4) is 0 Å². The maximum absolute atomic E-state index is 11.9. The second-order valence-corrected chi connectivity index (χ2v) is 4.51. The third kappa shape index (κ3) is 2.25. The SMILES string of the molecule is CC(=O)Nc1cc(C)c(NC(C)=O)c2c1C(=O)NC2=O. The smallest absolute Gasteiger partial charge is 0.261 e. The fourth-order valence-electron chi connectivity index (χ4n) is 2.13. The van der Waals surface area contributed by atoms with Crippen molar-refractivity contribution >= 4 is 35.0 Å². The zero-order valence-electron chi connectivity index (χ0n) is 11.2. The Hall–Kier alpha value is -2.70. The maximum atomic E-state index is 11.9. The second kappa shape index (κ2) is 4.76. The summed E-state index contributed by atoms with van der Waals surface area (Å²) in [6.07, 6.45) is 0. The van der Waals surface area contributed by atoms with Crippen LogP contribution in [0.5, 0.6) is 0 Å². The van der Waals surface area contributed by atoms with Crippen molar-refractivity contribution in [1.82, 2.24) is 5.32 Å². The first-order valence-electron chi connectivity index (χ1n) is 5.89. The van der Waals surface area contributed by atoms with Crippen molar-refractivity contribution in [2.75, 3.05) is 10.6 Å². The highest BCUT2D eigenvalue weighted by atomic mass is 16.2. The van der Waals surface area contributed by atoms with Crippen LogP contribution >= 0.6 is 0 Å². The number of amides is 4. The van der Waals surface area contributed by atoms with E-state index in [2.05, 4.69) is 16.0 Å². The van der Waals surface area contributed by atoms with Gasteiger partial charge in [-0.3, -0.25) is 24.5 Å². The van der Waals surface area contributed by atoms with Gasteiger partial charge in [0.2, 0.25) is 11.8 Å². The quantitative estimate of drug-likeness (QED) is 0.694. The van der Waals surface area contributed by atoms with Gasteiger partial charge in [-0.1, -0.05) is 0 Å². The van der Waals surface area contributed by atoms with E-state index in [1.54, 1.807) is 13.0 Å². The first-order valence-corrected chi connectivity index (χ1v) is 5.89. The van der Waals surface area contributed by atoms with Gasteiger partial charge in [0.05, 0.1) is 22.5 Å². The Balaban J connectivity index is 2.70. The zero-order chi connectivity index (χ0) is 15.0. The molecular formula is C13H13N3O4. The Morgan fingerprint density at radius 2 is 1.55 bits per heavy atom. The predicted molar refractivity (Wildman–Crippen MR) is 71.6 cm³/mol. The van der Waals surface area contributed by atoms with E-state index in [0.717, 1.165) is 0 Å². The summed E-state index contributed by atoms with van der Waals surface area (Å²) in [6, 6.07) is 1.55. The fourth-order valence-corrected chi connectivity index (χ4v) is 2.13. The lowest BCUT2D eigenvalue weighted by atomic mass is 10.0. The van der Waals surface area contributed by atoms with Crippen LogP contribution in [0.15, 0.2) is 6.07 Å². The molecule has 0 aromatic heterocycles. The Bertz CT molecular complexity index is 664. The highest BCUT2D eigenvalue weighted by Gasteiger charge is 2.34. The number of anilines is 2. The molecule has 0 atom stereocenters. The minimum absolute atomic E-state index is 0.0690. The number of nitrogens with one attached hydrogen (secondary N) is 3. The minimum Gasteiger partial charge on any atom is -0.326 e. The van der Waals surface area contributed by atoms with Gasteiger partial charge in [-0.2, -0.15) is 0 Å². The molecule has 1 aromatic carbocycles. The molecule has 0 saturated heterocycles. The van der Waals surface area contributed by atoms with Gasteiger partial charge < -0.3 is 10.6 Å². The lowest BCUT2D eigenvalue weighted by molar-refractivity contribution is -0.115. The number of rotatable bonds is 2. The van der Waals surface area contributed by atoms with Crippen LogP contribution in [-0.2, 0) is 9.59 Å². The third-order valence-electron chi connectivity index (χ3n) is 2.82. The van der Waals surface area contributed by atoms with E-state index < -0.39 is 11.8 Å². The van der Waals surface area contributed by atoms with Crippen molar-refractivity contribution in [3.8, 4) is 0 Å². The molecule has 1 heterocycles. The largest absolute Gasteiger partial charge is 0.326 e. The van der Waals surface area contributed by atoms with Crippen molar-refractivity contribution in [1.29, 1.82) is 0 Å². The molecule has 0 aliphatic carbocycles. The number of aryl methyl sites for hydroxylation is 1. The molecule has 0 unspecified atom stereocenters. The molecule has 0 bridgehead atoms. The number of carbonyl (C=O) groups excluding carboxylic acids is 4. The van der Waals surface area contributed by atoms with Gasteiger partial charge in [0.25, 0.3) is 11.8 Å². The minimum atomic E-state index is -0.597. The molecule has 1 aromatic rings. The van der Waals surface area contributed by atoms with E-state index in [1.165, 1.54) is 13.8 Å². The number of carbonyl (C=O) groups is 4. The van der Waals surface area contributed by atoms with Crippen molar-refractivity contribution < 1.29 is 19.2 Å². The summed E-state index contributed by atoms with van der Waals surface area (Å²) in [5.41, 5.74) is 1.26. The van der Waals surface area contributed by atoms with Crippen molar-refractivity contribution in [2.45, 2.75) is 20.8 Å². The van der Waals surface area contributed by atoms with Crippen LogP contribution in [0.2, 0.25) is 0 Å². The molecule has 1 aliphatic rings. The Kier molecular flexibility index (Phi) is 3.27. The molecule has 1 aliphatic heterocycles. The Morgan fingerprint density at radius 3 is 2.10 bits per heavy atom. The highest BCUT2D eigenvalue weighted by Crippen LogP contribution is 2.34.